The van der Waals surface area contributed by atoms with E-state index in [1.54, 1.807) is 18.2 Å². The van der Waals surface area contributed by atoms with Crippen molar-refractivity contribution in [2.75, 3.05) is 32.8 Å². The van der Waals surface area contributed by atoms with Crippen molar-refractivity contribution >= 4 is 11.6 Å². The van der Waals surface area contributed by atoms with Gasteiger partial charge in [-0.3, -0.25) is 14.5 Å². The first-order valence-electron chi connectivity index (χ1n) is 11.5. The lowest BCUT2D eigenvalue weighted by Gasteiger charge is -2.35. The highest BCUT2D eigenvalue weighted by Gasteiger charge is 2.34. The predicted molar refractivity (Wildman–Crippen MR) is 128 cm³/mol. The summed E-state index contributed by atoms with van der Waals surface area (Å²) in [5, 5.41) is 0. The lowest BCUT2D eigenvalue weighted by atomic mass is 9.84. The van der Waals surface area contributed by atoms with E-state index in [-0.39, 0.29) is 17.0 Å². The monoisotopic (exact) mass is 431 g/mol. The number of rotatable bonds is 8. The lowest BCUT2D eigenvalue weighted by Crippen LogP contribution is -2.41. The number of carbonyl (C=O) groups is 2. The van der Waals surface area contributed by atoms with Gasteiger partial charge in [0.25, 0.3) is 0 Å². The largest absolute Gasteiger partial charge is 0.379 e. The molecule has 1 aromatic carbocycles. The second-order valence-corrected chi connectivity index (χ2v) is 10.0. The van der Waals surface area contributed by atoms with E-state index in [0.29, 0.717) is 35.1 Å². The fourth-order valence-corrected chi connectivity index (χ4v) is 4.88. The van der Waals surface area contributed by atoms with Gasteiger partial charge < -0.3 is 4.74 Å². The first-order valence-corrected chi connectivity index (χ1v) is 11.5. The van der Waals surface area contributed by atoms with Gasteiger partial charge in [0.15, 0.2) is 11.6 Å². The molecule has 2 aliphatic carbocycles. The number of hydrogen-bond acceptors (Lipinski definition) is 4. The fourth-order valence-electron chi connectivity index (χ4n) is 4.88. The van der Waals surface area contributed by atoms with Crippen molar-refractivity contribution in [3.63, 3.8) is 0 Å². The van der Waals surface area contributed by atoms with E-state index in [1.807, 2.05) is 12.1 Å². The van der Waals surface area contributed by atoms with Gasteiger partial charge in [-0.25, -0.2) is 0 Å². The minimum Gasteiger partial charge on any atom is -0.379 e. The maximum atomic E-state index is 12.9. The molecular formula is C28H33NO3. The van der Waals surface area contributed by atoms with Gasteiger partial charge in [-0.2, -0.15) is 0 Å². The number of benzene rings is 1. The summed E-state index contributed by atoms with van der Waals surface area (Å²) in [5.74, 6) is -0.0837. The molecule has 0 atom stereocenters. The van der Waals surface area contributed by atoms with Crippen molar-refractivity contribution in [1.29, 1.82) is 0 Å². The molecule has 4 nitrogen and oxygen atoms in total. The molecule has 0 radical (unpaired) electrons. The van der Waals surface area contributed by atoms with Gasteiger partial charge in [0.05, 0.1) is 13.2 Å². The van der Waals surface area contributed by atoms with E-state index in [0.717, 1.165) is 62.4 Å². The SMILES string of the molecule is C=C(CCC(C)(C)CN1CCOCC1)CC(=C)C1=CC2=C(C1)C(=O)c1ccccc1C2=O. The van der Waals surface area contributed by atoms with Crippen molar-refractivity contribution in [1.82, 2.24) is 4.90 Å². The van der Waals surface area contributed by atoms with Crippen molar-refractivity contribution in [2.45, 2.75) is 39.5 Å². The highest BCUT2D eigenvalue weighted by molar-refractivity contribution is 6.28. The number of ketones is 2. The summed E-state index contributed by atoms with van der Waals surface area (Å²) >= 11 is 0. The maximum absolute atomic E-state index is 12.9. The highest BCUT2D eigenvalue weighted by atomic mass is 16.5. The Balaban J connectivity index is 1.32. The number of carbonyl (C=O) groups excluding carboxylic acids is 2. The average molecular weight is 432 g/mol. The number of morpholine rings is 1. The molecule has 1 aliphatic heterocycles. The molecule has 0 saturated carbocycles. The average Bonchev–Trinajstić information content (AvgIpc) is 3.23. The summed E-state index contributed by atoms with van der Waals surface area (Å²) in [6, 6.07) is 7.09. The van der Waals surface area contributed by atoms with Crippen LogP contribution in [-0.4, -0.2) is 49.3 Å². The van der Waals surface area contributed by atoms with Crippen molar-refractivity contribution < 1.29 is 14.3 Å². The van der Waals surface area contributed by atoms with Crippen LogP contribution in [0.25, 0.3) is 0 Å². The zero-order chi connectivity index (χ0) is 22.9. The Hall–Kier alpha value is -2.56. The van der Waals surface area contributed by atoms with Crippen LogP contribution in [0, 0.1) is 5.41 Å². The molecule has 0 unspecified atom stereocenters. The van der Waals surface area contributed by atoms with Crippen LogP contribution in [0.4, 0.5) is 0 Å². The molecular weight excluding hydrogens is 398 g/mol. The minimum absolute atomic E-state index is 0.0297. The summed E-state index contributed by atoms with van der Waals surface area (Å²) in [5.41, 5.74) is 5.48. The van der Waals surface area contributed by atoms with Crippen molar-refractivity contribution in [2.24, 2.45) is 5.41 Å². The van der Waals surface area contributed by atoms with Gasteiger partial charge in [-0.1, -0.05) is 56.8 Å². The van der Waals surface area contributed by atoms with E-state index in [2.05, 4.69) is 31.9 Å². The molecule has 1 heterocycles. The van der Waals surface area contributed by atoms with Crippen molar-refractivity contribution in [3.8, 4) is 0 Å². The molecule has 1 aromatic rings. The summed E-state index contributed by atoms with van der Waals surface area (Å²) in [7, 11) is 0. The van der Waals surface area contributed by atoms with Crippen LogP contribution in [-0.2, 0) is 4.74 Å². The van der Waals surface area contributed by atoms with Crippen LogP contribution in [0.3, 0.4) is 0 Å². The summed E-state index contributed by atoms with van der Waals surface area (Å²) < 4.78 is 5.46. The first-order chi connectivity index (χ1) is 15.2. The van der Waals surface area contributed by atoms with Crippen LogP contribution in [0.1, 0.15) is 60.2 Å². The molecule has 3 aliphatic rings. The number of allylic oxidation sites excluding steroid dienone is 6. The van der Waals surface area contributed by atoms with Crippen LogP contribution in [0.15, 0.2) is 71.4 Å². The number of ether oxygens (including phenoxy) is 1. The molecule has 1 fully saturated rings. The molecule has 4 rings (SSSR count). The minimum atomic E-state index is -0.0540. The third kappa shape index (κ3) is 4.77. The highest BCUT2D eigenvalue weighted by Crippen LogP contribution is 2.39. The van der Waals surface area contributed by atoms with E-state index < -0.39 is 0 Å². The Kier molecular flexibility index (Phi) is 6.45. The normalized spacial score (nSPS) is 19.0. The topological polar surface area (TPSA) is 46.6 Å². The van der Waals surface area contributed by atoms with Gasteiger partial charge in [-0.15, -0.1) is 0 Å². The van der Waals surface area contributed by atoms with E-state index in [1.165, 1.54) is 0 Å². The van der Waals surface area contributed by atoms with Crippen LogP contribution >= 0.6 is 0 Å². The smallest absolute Gasteiger partial charge is 0.194 e. The van der Waals surface area contributed by atoms with E-state index >= 15 is 0 Å². The second kappa shape index (κ2) is 9.13. The van der Waals surface area contributed by atoms with E-state index in [9.17, 15) is 9.59 Å². The number of Topliss-reactive ketones (excluding diaryl/α,β-unsaturated/α-hetero) is 2. The van der Waals surface area contributed by atoms with Crippen LogP contribution < -0.4 is 0 Å². The number of nitrogens with zero attached hydrogens (tertiary/aromatic N) is 1. The molecule has 0 aromatic heterocycles. The van der Waals surface area contributed by atoms with Crippen molar-refractivity contribution in [3.05, 3.63) is 82.5 Å². The van der Waals surface area contributed by atoms with Crippen LogP contribution in [0.2, 0.25) is 0 Å². The number of fused-ring (bicyclic) bond motifs is 1. The third-order valence-electron chi connectivity index (χ3n) is 6.77. The lowest BCUT2D eigenvalue weighted by molar-refractivity contribution is 0.0200. The Bertz CT molecular complexity index is 1030. The molecule has 32 heavy (non-hydrogen) atoms. The summed E-state index contributed by atoms with van der Waals surface area (Å²) in [6.45, 7) is 17.9. The molecule has 0 spiro atoms. The van der Waals surface area contributed by atoms with Gasteiger partial charge >= 0.3 is 0 Å². The second-order valence-electron chi connectivity index (χ2n) is 10.0. The quantitative estimate of drug-likeness (QED) is 0.522. The van der Waals surface area contributed by atoms with Gasteiger partial charge in [-0.05, 0) is 41.9 Å². The Morgan fingerprint density at radius 2 is 1.72 bits per heavy atom. The number of hydrogen-bond donors (Lipinski definition) is 0. The molecule has 0 N–H and O–H groups in total. The fraction of sp³-hybridized carbons (Fsp3) is 0.429. The molecule has 0 amide bonds. The van der Waals surface area contributed by atoms with E-state index in [4.69, 9.17) is 4.74 Å². The van der Waals surface area contributed by atoms with Gasteiger partial charge in [0.2, 0.25) is 0 Å². The molecule has 1 saturated heterocycles. The summed E-state index contributed by atoms with van der Waals surface area (Å²) in [6.07, 6.45) is 5.08. The Labute approximate surface area is 191 Å². The molecule has 168 valence electrons. The summed E-state index contributed by atoms with van der Waals surface area (Å²) in [4.78, 5) is 28.3. The standard InChI is InChI=1S/C28H33NO3/c1-19(9-10-28(3,4)18-29-11-13-32-14-12-29)15-20(2)21-16-24-25(17-21)27(31)23-8-6-5-7-22(23)26(24)30/h5-8,16H,1-2,9-15,17-18H2,3-4H3. The van der Waals surface area contributed by atoms with Crippen LogP contribution in [0.5, 0.6) is 0 Å². The molecule has 4 heteroatoms. The molecule has 0 bridgehead atoms. The third-order valence-corrected chi connectivity index (χ3v) is 6.77. The van der Waals surface area contributed by atoms with Gasteiger partial charge in [0.1, 0.15) is 0 Å². The van der Waals surface area contributed by atoms with Gasteiger partial charge in [0, 0.05) is 48.3 Å². The predicted octanol–water partition coefficient (Wildman–Crippen LogP) is 5.33. The Morgan fingerprint density at radius 1 is 1.06 bits per heavy atom. The Morgan fingerprint density at radius 3 is 2.41 bits per heavy atom. The zero-order valence-electron chi connectivity index (χ0n) is 19.3. The zero-order valence-corrected chi connectivity index (χ0v) is 19.3. The first kappa shape index (κ1) is 22.6. The maximum Gasteiger partial charge on any atom is 0.194 e.